The van der Waals surface area contributed by atoms with Gasteiger partial charge >= 0.3 is 0 Å². The maximum absolute atomic E-state index is 5.51. The number of hydrogen-bond acceptors (Lipinski definition) is 3. The van der Waals surface area contributed by atoms with E-state index in [-0.39, 0.29) is 6.04 Å². The fourth-order valence-corrected chi connectivity index (χ4v) is 3.01. The summed E-state index contributed by atoms with van der Waals surface area (Å²) in [6.07, 6.45) is 0. The first-order chi connectivity index (χ1) is 10.1. The molecule has 0 aliphatic rings. The number of rotatable bonds is 5. The van der Waals surface area contributed by atoms with Crippen LogP contribution in [0.15, 0.2) is 40.9 Å². The largest absolute Gasteiger partial charge is 0.497 e. The van der Waals surface area contributed by atoms with Gasteiger partial charge < -0.3 is 14.8 Å². The zero-order valence-corrected chi connectivity index (χ0v) is 14.3. The van der Waals surface area contributed by atoms with Crippen LogP contribution in [-0.2, 0) is 0 Å². The van der Waals surface area contributed by atoms with E-state index in [4.69, 9.17) is 9.47 Å². The highest BCUT2D eigenvalue weighted by molar-refractivity contribution is 9.10. The second kappa shape index (κ2) is 6.96. The third kappa shape index (κ3) is 3.39. The molecule has 0 saturated heterocycles. The molecule has 2 aromatic rings. The lowest BCUT2D eigenvalue weighted by Crippen LogP contribution is -2.19. The third-order valence-corrected chi connectivity index (χ3v) is 4.19. The zero-order valence-electron chi connectivity index (χ0n) is 12.7. The molecule has 1 N–H and O–H groups in total. The Balaban J connectivity index is 2.51. The highest BCUT2D eigenvalue weighted by Gasteiger charge is 2.19. The molecule has 0 aromatic heterocycles. The van der Waals surface area contributed by atoms with E-state index in [9.17, 15) is 0 Å². The molecule has 21 heavy (non-hydrogen) atoms. The van der Waals surface area contributed by atoms with Crippen LogP contribution in [0.3, 0.4) is 0 Å². The van der Waals surface area contributed by atoms with Crippen LogP contribution in [0.4, 0.5) is 0 Å². The maximum Gasteiger partial charge on any atom is 0.123 e. The summed E-state index contributed by atoms with van der Waals surface area (Å²) in [5.74, 6) is 1.71. The van der Waals surface area contributed by atoms with Gasteiger partial charge in [0.25, 0.3) is 0 Å². The Labute approximate surface area is 134 Å². The minimum atomic E-state index is 0.0418. The summed E-state index contributed by atoms with van der Waals surface area (Å²) < 4.78 is 11.8. The molecule has 4 heteroatoms. The van der Waals surface area contributed by atoms with Gasteiger partial charge in [0.05, 0.1) is 20.3 Å². The van der Waals surface area contributed by atoms with Gasteiger partial charge in [-0.1, -0.05) is 39.7 Å². The minimum absolute atomic E-state index is 0.0418. The summed E-state index contributed by atoms with van der Waals surface area (Å²) >= 11 is 3.63. The molecule has 112 valence electrons. The molecule has 1 atom stereocenters. The maximum atomic E-state index is 5.51. The Kier molecular flexibility index (Phi) is 5.26. The number of methoxy groups -OCH3 is 2. The van der Waals surface area contributed by atoms with E-state index in [1.54, 1.807) is 14.2 Å². The van der Waals surface area contributed by atoms with Crippen LogP contribution >= 0.6 is 15.9 Å². The number of halogens is 1. The van der Waals surface area contributed by atoms with Gasteiger partial charge in [0.15, 0.2) is 0 Å². The highest BCUT2D eigenvalue weighted by Crippen LogP contribution is 2.35. The topological polar surface area (TPSA) is 30.5 Å². The predicted molar refractivity (Wildman–Crippen MR) is 89.3 cm³/mol. The first-order valence-electron chi connectivity index (χ1n) is 6.76. The van der Waals surface area contributed by atoms with Crippen molar-refractivity contribution in [3.63, 3.8) is 0 Å². The minimum Gasteiger partial charge on any atom is -0.497 e. The van der Waals surface area contributed by atoms with Gasteiger partial charge in [-0.25, -0.2) is 0 Å². The molecular weight excluding hydrogens is 330 g/mol. The molecule has 0 bridgehead atoms. The summed E-state index contributed by atoms with van der Waals surface area (Å²) in [7, 11) is 5.31. The van der Waals surface area contributed by atoms with Gasteiger partial charge in [-0.15, -0.1) is 0 Å². The fourth-order valence-electron chi connectivity index (χ4n) is 2.43. The normalized spacial score (nSPS) is 12.0. The van der Waals surface area contributed by atoms with Gasteiger partial charge in [0.2, 0.25) is 0 Å². The Morgan fingerprint density at radius 3 is 2.33 bits per heavy atom. The summed E-state index contributed by atoms with van der Waals surface area (Å²) in [6.45, 7) is 2.08. The van der Waals surface area contributed by atoms with Crippen molar-refractivity contribution in [2.45, 2.75) is 13.0 Å². The summed E-state index contributed by atoms with van der Waals surface area (Å²) in [4.78, 5) is 0. The molecule has 2 aromatic carbocycles. The number of aryl methyl sites for hydroxylation is 1. The van der Waals surface area contributed by atoms with Crippen molar-refractivity contribution in [1.82, 2.24) is 5.32 Å². The molecule has 0 radical (unpaired) electrons. The van der Waals surface area contributed by atoms with Crippen molar-refractivity contribution in [2.24, 2.45) is 0 Å². The SMILES string of the molecule is CNC(c1ccc(OC)cc1Br)c1cc(C)ccc1OC. The average Bonchev–Trinajstić information content (AvgIpc) is 2.49. The van der Waals surface area contributed by atoms with E-state index >= 15 is 0 Å². The molecule has 0 aliphatic heterocycles. The van der Waals surface area contributed by atoms with E-state index in [2.05, 4.69) is 46.4 Å². The summed E-state index contributed by atoms with van der Waals surface area (Å²) in [5.41, 5.74) is 3.46. The summed E-state index contributed by atoms with van der Waals surface area (Å²) in [6, 6.07) is 12.3. The predicted octanol–water partition coefficient (Wildman–Crippen LogP) is 4.08. The second-order valence-corrected chi connectivity index (χ2v) is 5.71. The van der Waals surface area contributed by atoms with Crippen LogP contribution < -0.4 is 14.8 Å². The van der Waals surface area contributed by atoms with E-state index in [0.29, 0.717) is 0 Å². The highest BCUT2D eigenvalue weighted by atomic mass is 79.9. The molecule has 0 saturated carbocycles. The monoisotopic (exact) mass is 349 g/mol. The first kappa shape index (κ1) is 15.9. The molecule has 0 amide bonds. The van der Waals surface area contributed by atoms with E-state index in [1.165, 1.54) is 5.56 Å². The van der Waals surface area contributed by atoms with Gasteiger partial charge in [-0.3, -0.25) is 0 Å². The van der Waals surface area contributed by atoms with Crippen LogP contribution in [0.1, 0.15) is 22.7 Å². The third-order valence-electron chi connectivity index (χ3n) is 3.50. The average molecular weight is 350 g/mol. The van der Waals surface area contributed by atoms with Crippen molar-refractivity contribution in [3.05, 3.63) is 57.6 Å². The number of benzene rings is 2. The molecule has 1 unspecified atom stereocenters. The summed E-state index contributed by atoms with van der Waals surface area (Å²) in [5, 5.41) is 3.36. The molecule has 3 nitrogen and oxygen atoms in total. The molecule has 0 spiro atoms. The molecular formula is C17H20BrNO2. The number of nitrogens with one attached hydrogen (secondary N) is 1. The Hall–Kier alpha value is -1.52. The van der Waals surface area contributed by atoms with Crippen LogP contribution in [0.25, 0.3) is 0 Å². The van der Waals surface area contributed by atoms with Crippen LogP contribution in [0.2, 0.25) is 0 Å². The van der Waals surface area contributed by atoms with Crippen molar-refractivity contribution < 1.29 is 9.47 Å². The van der Waals surface area contributed by atoms with E-state index in [0.717, 1.165) is 27.1 Å². The van der Waals surface area contributed by atoms with Crippen molar-refractivity contribution >= 4 is 15.9 Å². The Morgan fingerprint density at radius 2 is 1.76 bits per heavy atom. The van der Waals surface area contributed by atoms with Crippen molar-refractivity contribution in [3.8, 4) is 11.5 Å². The lowest BCUT2D eigenvalue weighted by molar-refractivity contribution is 0.405. The van der Waals surface area contributed by atoms with E-state index < -0.39 is 0 Å². The van der Waals surface area contributed by atoms with Crippen LogP contribution in [0, 0.1) is 6.92 Å². The lowest BCUT2D eigenvalue weighted by Gasteiger charge is -2.22. The van der Waals surface area contributed by atoms with Crippen LogP contribution in [0.5, 0.6) is 11.5 Å². The Bertz CT molecular complexity index is 628. The number of hydrogen-bond donors (Lipinski definition) is 1. The zero-order chi connectivity index (χ0) is 15.4. The molecule has 0 fully saturated rings. The van der Waals surface area contributed by atoms with Crippen molar-refractivity contribution in [1.29, 1.82) is 0 Å². The fraction of sp³-hybridized carbons (Fsp3) is 0.294. The lowest BCUT2D eigenvalue weighted by atomic mass is 9.96. The van der Waals surface area contributed by atoms with Gasteiger partial charge in [0.1, 0.15) is 11.5 Å². The smallest absolute Gasteiger partial charge is 0.123 e. The van der Waals surface area contributed by atoms with Gasteiger partial charge in [-0.2, -0.15) is 0 Å². The van der Waals surface area contributed by atoms with Crippen LogP contribution in [-0.4, -0.2) is 21.3 Å². The standard InChI is InChI=1S/C17H20BrNO2/c1-11-5-8-16(21-4)14(9-11)17(19-2)13-7-6-12(20-3)10-15(13)18/h5-10,17,19H,1-4H3. The van der Waals surface area contributed by atoms with Gasteiger partial charge in [-0.05, 0) is 37.7 Å². The number of ether oxygens (including phenoxy) is 2. The first-order valence-corrected chi connectivity index (χ1v) is 7.55. The van der Waals surface area contributed by atoms with Gasteiger partial charge in [0, 0.05) is 10.0 Å². The molecule has 0 aliphatic carbocycles. The Morgan fingerprint density at radius 1 is 1.00 bits per heavy atom. The molecule has 0 heterocycles. The van der Waals surface area contributed by atoms with Crippen molar-refractivity contribution in [2.75, 3.05) is 21.3 Å². The molecule has 2 rings (SSSR count). The van der Waals surface area contributed by atoms with E-state index in [1.807, 2.05) is 25.2 Å². The second-order valence-electron chi connectivity index (χ2n) is 4.85. The quantitative estimate of drug-likeness (QED) is 0.881.